The third-order valence-electron chi connectivity index (χ3n) is 6.30. The molecule has 0 heterocycles. The maximum Gasteiger partial charge on any atom is 0.272 e. The Morgan fingerprint density at radius 1 is 0.767 bits per heavy atom. The van der Waals surface area contributed by atoms with Gasteiger partial charge in [-0.3, -0.25) is 14.4 Å². The van der Waals surface area contributed by atoms with E-state index in [9.17, 15) is 14.4 Å². The van der Waals surface area contributed by atoms with E-state index in [4.69, 9.17) is 9.47 Å². The molecule has 0 aromatic heterocycles. The summed E-state index contributed by atoms with van der Waals surface area (Å²) >= 11 is 1.40. The van der Waals surface area contributed by atoms with Gasteiger partial charge in [0.15, 0.2) is 0 Å². The largest absolute Gasteiger partial charge is 0.497 e. The summed E-state index contributed by atoms with van der Waals surface area (Å²) in [6, 6.07) is 30.3. The van der Waals surface area contributed by atoms with E-state index < -0.39 is 11.8 Å². The maximum atomic E-state index is 13.5. The fraction of sp³-hybridized carbons (Fsp3) is 0.147. The molecule has 4 rings (SSSR count). The smallest absolute Gasteiger partial charge is 0.272 e. The van der Waals surface area contributed by atoms with E-state index in [2.05, 4.69) is 16.0 Å². The van der Waals surface area contributed by atoms with Gasteiger partial charge in [-0.2, -0.15) is 0 Å². The van der Waals surface area contributed by atoms with Crippen molar-refractivity contribution in [1.82, 2.24) is 5.32 Å². The standard InChI is InChI=1S/C34H33N3O5S/c1-4-31(34(40)36-25-14-9-17-28(21-25)42-3)43-29-18-10-15-26(22-29)35-33(39)30(20-23-11-8-16-27(19-23)41-2)37-32(38)24-12-6-5-7-13-24/h5-22,31H,4H2,1-3H3,(H,35,39)(H,36,40)(H,37,38)/b30-20-. The van der Waals surface area contributed by atoms with Crippen molar-refractivity contribution in [3.63, 3.8) is 0 Å². The highest BCUT2D eigenvalue weighted by molar-refractivity contribution is 8.00. The van der Waals surface area contributed by atoms with Crippen LogP contribution in [0.4, 0.5) is 11.4 Å². The van der Waals surface area contributed by atoms with Crippen LogP contribution in [-0.4, -0.2) is 37.2 Å². The Labute approximate surface area is 255 Å². The number of thioether (sulfide) groups is 1. The first kappa shape index (κ1) is 30.9. The lowest BCUT2D eigenvalue weighted by molar-refractivity contribution is -0.116. The summed E-state index contributed by atoms with van der Waals surface area (Å²) in [6.45, 7) is 1.94. The van der Waals surface area contributed by atoms with Crippen LogP contribution in [0.1, 0.15) is 29.3 Å². The average molecular weight is 596 g/mol. The summed E-state index contributed by atoms with van der Waals surface area (Å²) in [5, 5.41) is 8.20. The third-order valence-corrected chi connectivity index (χ3v) is 7.66. The van der Waals surface area contributed by atoms with E-state index in [1.165, 1.54) is 11.8 Å². The van der Waals surface area contributed by atoms with E-state index in [-0.39, 0.29) is 16.9 Å². The number of rotatable bonds is 12. The molecule has 0 spiro atoms. The van der Waals surface area contributed by atoms with Crippen LogP contribution >= 0.6 is 11.8 Å². The van der Waals surface area contributed by atoms with Crippen molar-refractivity contribution in [2.24, 2.45) is 0 Å². The molecule has 0 saturated heterocycles. The summed E-state index contributed by atoms with van der Waals surface area (Å²) in [4.78, 5) is 40.3. The molecule has 0 aliphatic carbocycles. The molecule has 0 saturated carbocycles. The summed E-state index contributed by atoms with van der Waals surface area (Å²) in [5.74, 6) is 0.219. The Hall–Kier alpha value is -5.02. The Bertz CT molecular complexity index is 1610. The van der Waals surface area contributed by atoms with Crippen molar-refractivity contribution < 1.29 is 23.9 Å². The SMILES string of the molecule is CCC(Sc1cccc(NC(=O)/C(=C/c2cccc(OC)c2)NC(=O)c2ccccc2)c1)C(=O)Nc1cccc(OC)c1. The highest BCUT2D eigenvalue weighted by Gasteiger charge is 2.20. The molecule has 9 heteroatoms. The van der Waals surface area contributed by atoms with Crippen molar-refractivity contribution in [2.75, 3.05) is 24.9 Å². The van der Waals surface area contributed by atoms with Crippen molar-refractivity contribution in [1.29, 1.82) is 0 Å². The molecule has 8 nitrogen and oxygen atoms in total. The van der Waals surface area contributed by atoms with E-state index in [1.807, 2.05) is 37.3 Å². The lowest BCUT2D eigenvalue weighted by Gasteiger charge is -2.16. The third kappa shape index (κ3) is 8.98. The Balaban J connectivity index is 1.50. The summed E-state index contributed by atoms with van der Waals surface area (Å²) in [7, 11) is 3.14. The van der Waals surface area contributed by atoms with E-state index in [0.717, 1.165) is 4.90 Å². The molecule has 3 amide bonds. The molecule has 43 heavy (non-hydrogen) atoms. The molecule has 0 aliphatic heterocycles. The van der Waals surface area contributed by atoms with Crippen LogP contribution < -0.4 is 25.4 Å². The van der Waals surface area contributed by atoms with Crippen LogP contribution in [0.2, 0.25) is 0 Å². The normalized spacial score (nSPS) is 11.7. The number of anilines is 2. The van der Waals surface area contributed by atoms with Crippen molar-refractivity contribution >= 4 is 46.9 Å². The van der Waals surface area contributed by atoms with Gasteiger partial charge in [-0.25, -0.2) is 0 Å². The Kier molecular flexibility index (Phi) is 11.0. The lowest BCUT2D eigenvalue weighted by Crippen LogP contribution is -2.30. The lowest BCUT2D eigenvalue weighted by atomic mass is 10.1. The fourth-order valence-corrected chi connectivity index (χ4v) is 5.11. The zero-order chi connectivity index (χ0) is 30.6. The zero-order valence-corrected chi connectivity index (χ0v) is 24.9. The highest BCUT2D eigenvalue weighted by Crippen LogP contribution is 2.29. The van der Waals surface area contributed by atoms with E-state index in [1.54, 1.807) is 93.1 Å². The molecule has 220 valence electrons. The van der Waals surface area contributed by atoms with Crippen LogP contribution in [0.25, 0.3) is 6.08 Å². The van der Waals surface area contributed by atoms with Gasteiger partial charge in [-0.1, -0.05) is 49.4 Å². The minimum absolute atomic E-state index is 0.0595. The second-order valence-electron chi connectivity index (χ2n) is 9.37. The number of nitrogens with one attached hydrogen (secondary N) is 3. The molecule has 1 atom stereocenters. The minimum atomic E-state index is -0.503. The predicted octanol–water partition coefficient (Wildman–Crippen LogP) is 6.62. The number of carbonyl (C=O) groups is 3. The molecule has 0 bridgehead atoms. The molecule has 0 radical (unpaired) electrons. The molecular weight excluding hydrogens is 562 g/mol. The second-order valence-corrected chi connectivity index (χ2v) is 10.6. The minimum Gasteiger partial charge on any atom is -0.497 e. The van der Waals surface area contributed by atoms with Gasteiger partial charge in [-0.15, -0.1) is 11.8 Å². The first-order valence-corrected chi connectivity index (χ1v) is 14.5. The van der Waals surface area contributed by atoms with Crippen molar-refractivity contribution in [3.8, 4) is 11.5 Å². The number of ether oxygens (including phenoxy) is 2. The first-order chi connectivity index (χ1) is 20.9. The van der Waals surface area contributed by atoms with Crippen molar-refractivity contribution in [2.45, 2.75) is 23.5 Å². The van der Waals surface area contributed by atoms with Gasteiger partial charge in [0.1, 0.15) is 17.2 Å². The molecule has 4 aromatic carbocycles. The topological polar surface area (TPSA) is 106 Å². The van der Waals surface area contributed by atoms with Crippen LogP contribution in [0.15, 0.2) is 114 Å². The molecule has 4 aromatic rings. The van der Waals surface area contributed by atoms with Gasteiger partial charge in [0.2, 0.25) is 5.91 Å². The molecule has 0 fully saturated rings. The predicted molar refractivity (Wildman–Crippen MR) is 172 cm³/mol. The first-order valence-electron chi connectivity index (χ1n) is 13.6. The zero-order valence-electron chi connectivity index (χ0n) is 24.1. The van der Waals surface area contributed by atoms with Crippen LogP contribution in [-0.2, 0) is 9.59 Å². The van der Waals surface area contributed by atoms with Gasteiger partial charge < -0.3 is 25.4 Å². The highest BCUT2D eigenvalue weighted by atomic mass is 32.2. The van der Waals surface area contributed by atoms with Crippen LogP contribution in [0.5, 0.6) is 11.5 Å². The van der Waals surface area contributed by atoms with E-state index >= 15 is 0 Å². The van der Waals surface area contributed by atoms with Gasteiger partial charge in [0, 0.05) is 27.9 Å². The number of hydrogen-bond acceptors (Lipinski definition) is 6. The Morgan fingerprint density at radius 2 is 1.42 bits per heavy atom. The van der Waals surface area contributed by atoms with Gasteiger partial charge in [-0.05, 0) is 72.7 Å². The molecule has 0 aliphatic rings. The summed E-state index contributed by atoms with van der Waals surface area (Å²) < 4.78 is 10.5. The van der Waals surface area contributed by atoms with Gasteiger partial charge >= 0.3 is 0 Å². The maximum absolute atomic E-state index is 13.5. The molecular formula is C34H33N3O5S. The van der Waals surface area contributed by atoms with Gasteiger partial charge in [0.25, 0.3) is 11.8 Å². The number of amides is 3. The second kappa shape index (κ2) is 15.3. The number of hydrogen-bond donors (Lipinski definition) is 3. The number of carbonyl (C=O) groups excluding carboxylic acids is 3. The van der Waals surface area contributed by atoms with Crippen LogP contribution in [0, 0.1) is 0 Å². The quantitative estimate of drug-likeness (QED) is 0.126. The number of benzene rings is 4. The van der Waals surface area contributed by atoms with Gasteiger partial charge in [0.05, 0.1) is 19.5 Å². The Morgan fingerprint density at radius 3 is 2.12 bits per heavy atom. The molecule has 1 unspecified atom stereocenters. The van der Waals surface area contributed by atoms with Crippen LogP contribution in [0.3, 0.4) is 0 Å². The fourth-order valence-electron chi connectivity index (χ4n) is 4.10. The molecule has 3 N–H and O–H groups in total. The number of methoxy groups -OCH3 is 2. The van der Waals surface area contributed by atoms with Crippen molar-refractivity contribution in [3.05, 3.63) is 120 Å². The average Bonchev–Trinajstić information content (AvgIpc) is 3.04. The summed E-state index contributed by atoms with van der Waals surface area (Å²) in [6.07, 6.45) is 2.18. The summed E-state index contributed by atoms with van der Waals surface area (Å²) in [5.41, 5.74) is 2.32. The monoisotopic (exact) mass is 595 g/mol. The van der Waals surface area contributed by atoms with E-state index in [0.29, 0.717) is 40.4 Å².